The van der Waals surface area contributed by atoms with E-state index in [9.17, 15) is 0 Å². The van der Waals surface area contributed by atoms with Crippen molar-refractivity contribution in [3.05, 3.63) is 65.2 Å². The Labute approximate surface area is 188 Å². The highest BCUT2D eigenvalue weighted by Gasteiger charge is 2.18. The number of rotatable bonds is 10. The van der Waals surface area contributed by atoms with Gasteiger partial charge in [0.05, 0.1) is 11.5 Å². The van der Waals surface area contributed by atoms with Gasteiger partial charge in [0.25, 0.3) is 0 Å². The summed E-state index contributed by atoms with van der Waals surface area (Å²) in [6.07, 6.45) is 9.28. The van der Waals surface area contributed by atoms with Crippen molar-refractivity contribution in [1.29, 1.82) is 0 Å². The van der Waals surface area contributed by atoms with Crippen LogP contribution in [0.4, 0.5) is 5.69 Å². The predicted octanol–water partition coefficient (Wildman–Crippen LogP) is 7.88. The van der Waals surface area contributed by atoms with Crippen molar-refractivity contribution in [2.45, 2.75) is 59.3 Å². The first-order valence-corrected chi connectivity index (χ1v) is 12.0. The molecule has 2 nitrogen and oxygen atoms in total. The van der Waals surface area contributed by atoms with Gasteiger partial charge >= 0.3 is 0 Å². The summed E-state index contributed by atoms with van der Waals surface area (Å²) in [5.74, 6) is 2.04. The third kappa shape index (κ3) is 6.84. The average molecular weight is 426 g/mol. The molecule has 3 rings (SSSR count). The van der Waals surface area contributed by atoms with Crippen molar-refractivity contribution in [2.24, 2.45) is 0 Å². The minimum atomic E-state index is 0. The Balaban J connectivity index is 0.00000320. The van der Waals surface area contributed by atoms with Crippen molar-refractivity contribution < 1.29 is 4.74 Å². The van der Waals surface area contributed by atoms with Crippen LogP contribution in [0.2, 0.25) is 0 Å². The van der Waals surface area contributed by atoms with Crippen LogP contribution in [-0.2, 0) is 11.2 Å². The molecule has 1 heterocycles. The van der Waals surface area contributed by atoms with E-state index in [0.29, 0.717) is 0 Å². The van der Waals surface area contributed by atoms with Crippen molar-refractivity contribution in [1.82, 2.24) is 0 Å². The number of anilines is 1. The number of benzene rings is 2. The van der Waals surface area contributed by atoms with Crippen LogP contribution in [0.1, 0.15) is 69.6 Å². The second kappa shape index (κ2) is 12.7. The van der Waals surface area contributed by atoms with Gasteiger partial charge in [-0.15, -0.1) is 11.8 Å². The van der Waals surface area contributed by atoms with E-state index < -0.39 is 0 Å². The molecule has 0 atom stereocenters. The molecule has 0 spiro atoms. The predicted molar refractivity (Wildman–Crippen MR) is 136 cm³/mol. The maximum atomic E-state index is 6.13. The molecule has 0 radical (unpaired) electrons. The lowest BCUT2D eigenvalue weighted by Crippen LogP contribution is -2.09. The molecule has 164 valence electrons. The van der Waals surface area contributed by atoms with E-state index in [1.165, 1.54) is 72.2 Å². The van der Waals surface area contributed by atoms with E-state index in [4.69, 9.17) is 4.74 Å². The van der Waals surface area contributed by atoms with Gasteiger partial charge in [-0.1, -0.05) is 82.9 Å². The third-order valence-electron chi connectivity index (χ3n) is 5.46. The number of hydrogen-bond donors (Lipinski definition) is 0. The lowest BCUT2D eigenvalue weighted by molar-refractivity contribution is 0.301. The molecule has 0 unspecified atom stereocenters. The molecule has 2 aromatic rings. The first-order valence-electron chi connectivity index (χ1n) is 11.1. The standard InChI is InChI=1S/C26H35NOS.CH4/c1-4-5-6-7-8-9-10-21-11-13-22(14-12-21)25-26(29-20-19-28-25)23-15-17-24(18-16-23)27(2)3;/h11-18H,4-10,19-20H2,1-3H3;1H4. The zero-order valence-electron chi connectivity index (χ0n) is 18.2. The minimum Gasteiger partial charge on any atom is -0.491 e. The first kappa shape index (κ1) is 24.4. The average Bonchev–Trinajstić information content (AvgIpc) is 2.77. The second-order valence-corrected chi connectivity index (χ2v) is 9.12. The van der Waals surface area contributed by atoms with Crippen LogP contribution in [0.15, 0.2) is 48.5 Å². The van der Waals surface area contributed by atoms with Crippen LogP contribution >= 0.6 is 11.8 Å². The highest BCUT2D eigenvalue weighted by molar-refractivity contribution is 8.08. The number of thioether (sulfide) groups is 1. The molecule has 1 aliphatic heterocycles. The van der Waals surface area contributed by atoms with Gasteiger partial charge in [0.1, 0.15) is 5.76 Å². The van der Waals surface area contributed by atoms with Crippen LogP contribution < -0.4 is 4.90 Å². The van der Waals surface area contributed by atoms with Crippen LogP contribution in [0.3, 0.4) is 0 Å². The normalized spacial score (nSPS) is 13.6. The van der Waals surface area contributed by atoms with Crippen molar-refractivity contribution in [3.63, 3.8) is 0 Å². The molecular weight excluding hydrogens is 386 g/mol. The molecule has 30 heavy (non-hydrogen) atoms. The zero-order chi connectivity index (χ0) is 20.5. The lowest BCUT2D eigenvalue weighted by Gasteiger charge is -2.22. The summed E-state index contributed by atoms with van der Waals surface area (Å²) in [6.45, 7) is 3.05. The SMILES string of the molecule is C.CCCCCCCCc1ccc(C2=C(c3ccc(N(C)C)cc3)SCCO2)cc1. The fraction of sp³-hybridized carbons (Fsp3) is 0.481. The van der Waals surface area contributed by atoms with E-state index in [1.807, 2.05) is 11.8 Å². The first-order chi connectivity index (χ1) is 14.2. The summed E-state index contributed by atoms with van der Waals surface area (Å²) in [4.78, 5) is 3.39. The Kier molecular flexibility index (Phi) is 10.4. The molecule has 2 aromatic carbocycles. The number of ether oxygens (including phenoxy) is 1. The molecule has 0 N–H and O–H groups in total. The smallest absolute Gasteiger partial charge is 0.140 e. The van der Waals surface area contributed by atoms with Crippen LogP contribution in [0, 0.1) is 0 Å². The summed E-state index contributed by atoms with van der Waals surface area (Å²) in [6, 6.07) is 17.8. The van der Waals surface area contributed by atoms with Gasteiger partial charge in [0, 0.05) is 31.1 Å². The Bertz CT molecular complexity index is 778. The van der Waals surface area contributed by atoms with Gasteiger partial charge in [-0.3, -0.25) is 0 Å². The van der Waals surface area contributed by atoms with E-state index in [0.717, 1.165) is 18.1 Å². The van der Waals surface area contributed by atoms with Crippen molar-refractivity contribution in [3.8, 4) is 0 Å². The second-order valence-electron chi connectivity index (χ2n) is 8.01. The number of nitrogens with zero attached hydrogens (tertiary/aromatic N) is 1. The fourth-order valence-electron chi connectivity index (χ4n) is 3.69. The van der Waals surface area contributed by atoms with Crippen molar-refractivity contribution >= 4 is 28.1 Å². The summed E-state index contributed by atoms with van der Waals surface area (Å²) >= 11 is 1.90. The van der Waals surface area contributed by atoms with Gasteiger partial charge in [0.15, 0.2) is 0 Å². The summed E-state index contributed by atoms with van der Waals surface area (Å²) in [5, 5.41) is 0. The molecule has 0 bridgehead atoms. The van der Waals surface area contributed by atoms with Gasteiger partial charge in [-0.2, -0.15) is 0 Å². The Morgan fingerprint density at radius 2 is 1.47 bits per heavy atom. The van der Waals surface area contributed by atoms with Gasteiger partial charge in [-0.25, -0.2) is 0 Å². The molecule has 0 fully saturated rings. The molecule has 0 saturated heterocycles. The van der Waals surface area contributed by atoms with E-state index in [2.05, 4.69) is 74.4 Å². The maximum Gasteiger partial charge on any atom is 0.140 e. The monoisotopic (exact) mass is 425 g/mol. The van der Waals surface area contributed by atoms with Crippen LogP contribution in [0.25, 0.3) is 10.7 Å². The lowest BCUT2D eigenvalue weighted by atomic mass is 10.0. The summed E-state index contributed by atoms with van der Waals surface area (Å²) < 4.78 is 6.13. The molecule has 0 saturated carbocycles. The highest BCUT2D eigenvalue weighted by atomic mass is 32.2. The number of hydrogen-bond acceptors (Lipinski definition) is 3. The molecule has 0 aromatic heterocycles. The van der Waals surface area contributed by atoms with Gasteiger partial charge < -0.3 is 9.64 Å². The third-order valence-corrected chi connectivity index (χ3v) is 6.54. The minimum absolute atomic E-state index is 0. The topological polar surface area (TPSA) is 12.5 Å². The van der Waals surface area contributed by atoms with E-state index >= 15 is 0 Å². The molecule has 0 aliphatic carbocycles. The molecule has 0 amide bonds. The van der Waals surface area contributed by atoms with E-state index in [-0.39, 0.29) is 7.43 Å². The van der Waals surface area contributed by atoms with Crippen LogP contribution in [0.5, 0.6) is 0 Å². The quantitative estimate of drug-likeness (QED) is 0.359. The molecular formula is C27H39NOS. The molecule has 3 heteroatoms. The molecule has 1 aliphatic rings. The van der Waals surface area contributed by atoms with Gasteiger partial charge in [0.2, 0.25) is 0 Å². The summed E-state index contributed by atoms with van der Waals surface area (Å²) in [5.41, 5.74) is 5.09. The summed E-state index contributed by atoms with van der Waals surface area (Å²) in [7, 11) is 4.15. The Hall–Kier alpha value is -1.87. The Morgan fingerprint density at radius 1 is 0.833 bits per heavy atom. The zero-order valence-corrected chi connectivity index (χ0v) is 19.1. The highest BCUT2D eigenvalue weighted by Crippen LogP contribution is 2.39. The van der Waals surface area contributed by atoms with Crippen LogP contribution in [-0.4, -0.2) is 26.5 Å². The van der Waals surface area contributed by atoms with Crippen molar-refractivity contribution in [2.75, 3.05) is 31.4 Å². The number of unbranched alkanes of at least 4 members (excludes halogenated alkanes) is 5. The Morgan fingerprint density at radius 3 is 2.13 bits per heavy atom. The fourth-order valence-corrected chi connectivity index (χ4v) is 4.67. The van der Waals surface area contributed by atoms with E-state index in [1.54, 1.807) is 0 Å². The van der Waals surface area contributed by atoms with Gasteiger partial charge in [-0.05, 0) is 36.1 Å². The maximum absolute atomic E-state index is 6.13. The number of aryl methyl sites for hydroxylation is 1. The largest absolute Gasteiger partial charge is 0.491 e.